The van der Waals surface area contributed by atoms with E-state index in [1.165, 1.54) is 6.92 Å². The average molecular weight is 466 g/mol. The Morgan fingerprint density at radius 3 is 2.09 bits per heavy atom. The Labute approximate surface area is 201 Å². The van der Waals surface area contributed by atoms with Crippen LogP contribution in [0.2, 0.25) is 0 Å². The highest BCUT2D eigenvalue weighted by Crippen LogP contribution is 2.27. The molecule has 0 bridgehead atoms. The van der Waals surface area contributed by atoms with Crippen LogP contribution in [-0.2, 0) is 14.4 Å². The Balaban J connectivity index is 3.18. The monoisotopic (exact) mass is 465 g/mol. The number of likely N-dealkylation sites (N-methyl/N-ethyl adjacent to an activating group) is 1. The Morgan fingerprint density at radius 2 is 1.64 bits per heavy atom. The van der Waals surface area contributed by atoms with Crippen LogP contribution < -0.4 is 5.32 Å². The molecule has 2 amide bonds. The zero-order valence-electron chi connectivity index (χ0n) is 22.4. The number of hydrogen-bond donors (Lipinski definition) is 2. The molecule has 0 spiro atoms. The lowest BCUT2D eigenvalue weighted by Crippen LogP contribution is -2.61. The zero-order chi connectivity index (χ0) is 25.7. The maximum Gasteiger partial charge on any atom is 0.331 e. The SMILES string of the molecule is C/C(=C\[C@H](C(C)C)N(C)C(=O)C(NC(=O)C1CCCCN1C(C)C(C)C)C(C)(C)C)C(=O)O. The lowest BCUT2D eigenvalue weighted by molar-refractivity contribution is -0.142. The zero-order valence-corrected chi connectivity index (χ0v) is 22.4. The smallest absolute Gasteiger partial charge is 0.331 e. The molecule has 1 aliphatic heterocycles. The number of carboxylic acids is 1. The van der Waals surface area contributed by atoms with Crippen LogP contribution in [0.25, 0.3) is 0 Å². The molecule has 2 N–H and O–H groups in total. The maximum absolute atomic E-state index is 13.6. The predicted molar refractivity (Wildman–Crippen MR) is 133 cm³/mol. The van der Waals surface area contributed by atoms with Gasteiger partial charge in [-0.25, -0.2) is 4.79 Å². The van der Waals surface area contributed by atoms with Gasteiger partial charge >= 0.3 is 5.97 Å². The quantitative estimate of drug-likeness (QED) is 0.504. The van der Waals surface area contributed by atoms with E-state index in [9.17, 15) is 19.5 Å². The second kappa shape index (κ2) is 12.0. The Morgan fingerprint density at radius 1 is 1.06 bits per heavy atom. The molecule has 1 rings (SSSR count). The van der Waals surface area contributed by atoms with E-state index in [0.717, 1.165) is 25.8 Å². The molecule has 0 radical (unpaired) electrons. The van der Waals surface area contributed by atoms with Crippen LogP contribution in [0, 0.1) is 17.3 Å². The summed E-state index contributed by atoms with van der Waals surface area (Å²) in [7, 11) is 1.69. The number of carbonyl (C=O) groups excluding carboxylic acids is 2. The van der Waals surface area contributed by atoms with Crippen molar-refractivity contribution in [2.45, 2.75) is 106 Å². The van der Waals surface area contributed by atoms with Gasteiger partial charge in [-0.15, -0.1) is 0 Å². The van der Waals surface area contributed by atoms with Crippen LogP contribution in [0.1, 0.15) is 81.6 Å². The van der Waals surface area contributed by atoms with E-state index in [0.29, 0.717) is 5.92 Å². The highest BCUT2D eigenvalue weighted by molar-refractivity contribution is 5.91. The fourth-order valence-corrected chi connectivity index (χ4v) is 4.42. The molecule has 190 valence electrons. The van der Waals surface area contributed by atoms with Crippen LogP contribution >= 0.6 is 0 Å². The molecule has 1 fully saturated rings. The van der Waals surface area contributed by atoms with Gasteiger partial charge in [-0.2, -0.15) is 0 Å². The number of nitrogens with one attached hydrogen (secondary N) is 1. The summed E-state index contributed by atoms with van der Waals surface area (Å²) in [6.07, 6.45) is 4.50. The van der Waals surface area contributed by atoms with Crippen molar-refractivity contribution in [2.75, 3.05) is 13.6 Å². The second-order valence-electron chi connectivity index (χ2n) is 11.4. The maximum atomic E-state index is 13.6. The van der Waals surface area contributed by atoms with Crippen molar-refractivity contribution in [3.8, 4) is 0 Å². The van der Waals surface area contributed by atoms with E-state index >= 15 is 0 Å². The normalized spacial score (nSPS) is 21.0. The molecule has 0 aromatic heterocycles. The largest absolute Gasteiger partial charge is 0.478 e. The molecule has 4 atom stereocenters. The van der Waals surface area contributed by atoms with Gasteiger partial charge in [-0.3, -0.25) is 14.5 Å². The molecule has 3 unspecified atom stereocenters. The lowest BCUT2D eigenvalue weighted by atomic mass is 9.84. The minimum absolute atomic E-state index is 0.0188. The first-order valence-electron chi connectivity index (χ1n) is 12.3. The molecule has 0 saturated carbocycles. The van der Waals surface area contributed by atoms with Crippen molar-refractivity contribution in [3.63, 3.8) is 0 Å². The van der Waals surface area contributed by atoms with Crippen molar-refractivity contribution >= 4 is 17.8 Å². The van der Waals surface area contributed by atoms with Gasteiger partial charge in [-0.1, -0.05) is 61.0 Å². The lowest BCUT2D eigenvalue weighted by Gasteiger charge is -2.42. The van der Waals surface area contributed by atoms with Gasteiger partial charge in [-0.05, 0) is 50.5 Å². The summed E-state index contributed by atoms with van der Waals surface area (Å²) >= 11 is 0. The molecule has 7 nitrogen and oxygen atoms in total. The van der Waals surface area contributed by atoms with E-state index in [1.807, 2.05) is 34.6 Å². The first-order chi connectivity index (χ1) is 15.1. The summed E-state index contributed by atoms with van der Waals surface area (Å²) in [6.45, 7) is 18.7. The minimum Gasteiger partial charge on any atom is -0.478 e. The average Bonchev–Trinajstić information content (AvgIpc) is 2.72. The van der Waals surface area contributed by atoms with Crippen LogP contribution in [-0.4, -0.2) is 70.4 Å². The van der Waals surface area contributed by atoms with Crippen molar-refractivity contribution in [1.82, 2.24) is 15.1 Å². The molecular weight excluding hydrogens is 418 g/mol. The summed E-state index contributed by atoms with van der Waals surface area (Å²) in [5, 5.41) is 12.4. The van der Waals surface area contributed by atoms with E-state index < -0.39 is 17.4 Å². The molecule has 1 heterocycles. The number of piperidine rings is 1. The summed E-state index contributed by atoms with van der Waals surface area (Å²) in [5.74, 6) is -0.852. The predicted octanol–water partition coefficient (Wildman–Crippen LogP) is 3.93. The van der Waals surface area contributed by atoms with Crippen molar-refractivity contribution < 1.29 is 19.5 Å². The number of carboxylic acid groups (broad SMARTS) is 1. The second-order valence-corrected chi connectivity index (χ2v) is 11.4. The van der Waals surface area contributed by atoms with Crippen molar-refractivity contribution in [1.29, 1.82) is 0 Å². The molecule has 0 aromatic rings. The Kier molecular flexibility index (Phi) is 10.6. The van der Waals surface area contributed by atoms with Gasteiger partial charge in [0, 0.05) is 18.7 Å². The van der Waals surface area contributed by atoms with Crippen LogP contribution in [0.15, 0.2) is 11.6 Å². The highest BCUT2D eigenvalue weighted by atomic mass is 16.4. The summed E-state index contributed by atoms with van der Waals surface area (Å²) in [6, 6.07) is -1.06. The number of hydrogen-bond acceptors (Lipinski definition) is 4. The van der Waals surface area contributed by atoms with Crippen LogP contribution in [0.3, 0.4) is 0 Å². The van der Waals surface area contributed by atoms with Gasteiger partial charge in [0.1, 0.15) is 6.04 Å². The number of likely N-dealkylation sites (tertiary alicyclic amines) is 1. The molecular formula is C26H47N3O4. The number of amides is 2. The van der Waals surface area contributed by atoms with Gasteiger partial charge < -0.3 is 15.3 Å². The Bertz CT molecular complexity index is 724. The van der Waals surface area contributed by atoms with E-state index in [-0.39, 0.29) is 41.4 Å². The standard InChI is InChI=1S/C26H47N3O4/c1-16(2)19(6)29-14-12-11-13-20(29)23(30)27-22(26(7,8)9)24(31)28(10)21(17(3)4)15-18(5)25(32)33/h15-17,19-22H,11-14H2,1-10H3,(H,27,30)(H,32,33)/b18-15+/t19?,20?,21-,22?/m1/s1. The van der Waals surface area contributed by atoms with Gasteiger partial charge in [0.25, 0.3) is 0 Å². The molecule has 1 aliphatic rings. The number of carbonyl (C=O) groups is 3. The summed E-state index contributed by atoms with van der Waals surface area (Å²) < 4.78 is 0. The third kappa shape index (κ3) is 7.83. The van der Waals surface area contributed by atoms with E-state index in [2.05, 4.69) is 31.0 Å². The number of aliphatic carboxylic acids is 1. The Hall–Kier alpha value is -1.89. The van der Waals surface area contributed by atoms with Crippen LogP contribution in [0.5, 0.6) is 0 Å². The summed E-state index contributed by atoms with van der Waals surface area (Å²) in [5.41, 5.74) is -0.303. The van der Waals surface area contributed by atoms with Crippen molar-refractivity contribution in [3.05, 3.63) is 11.6 Å². The molecule has 1 saturated heterocycles. The topological polar surface area (TPSA) is 90.0 Å². The highest BCUT2D eigenvalue weighted by Gasteiger charge is 2.40. The summed E-state index contributed by atoms with van der Waals surface area (Å²) in [4.78, 5) is 42.4. The molecule has 33 heavy (non-hydrogen) atoms. The molecule has 0 aromatic carbocycles. The number of nitrogens with zero attached hydrogens (tertiary/aromatic N) is 2. The van der Waals surface area contributed by atoms with Gasteiger partial charge in [0.2, 0.25) is 11.8 Å². The van der Waals surface area contributed by atoms with E-state index in [4.69, 9.17) is 0 Å². The van der Waals surface area contributed by atoms with Gasteiger partial charge in [0.15, 0.2) is 0 Å². The van der Waals surface area contributed by atoms with E-state index in [1.54, 1.807) is 18.0 Å². The number of rotatable bonds is 9. The van der Waals surface area contributed by atoms with Crippen LogP contribution in [0.4, 0.5) is 0 Å². The molecule has 0 aliphatic carbocycles. The first-order valence-corrected chi connectivity index (χ1v) is 12.3. The fourth-order valence-electron chi connectivity index (χ4n) is 4.42. The van der Waals surface area contributed by atoms with Gasteiger partial charge in [0.05, 0.1) is 12.1 Å². The third-order valence-electron chi connectivity index (χ3n) is 6.97. The molecule has 7 heteroatoms. The first kappa shape index (κ1) is 29.1. The third-order valence-corrected chi connectivity index (χ3v) is 6.97. The minimum atomic E-state index is -1.00. The van der Waals surface area contributed by atoms with Crippen molar-refractivity contribution in [2.24, 2.45) is 17.3 Å². The fraction of sp³-hybridized carbons (Fsp3) is 0.808.